The van der Waals surface area contributed by atoms with Crippen molar-refractivity contribution in [1.29, 1.82) is 0 Å². The Morgan fingerprint density at radius 3 is 2.82 bits per heavy atom. The summed E-state index contributed by atoms with van der Waals surface area (Å²) in [5.41, 5.74) is 11.1. The van der Waals surface area contributed by atoms with Crippen LogP contribution < -0.4 is 10.5 Å². The fourth-order valence-electron chi connectivity index (χ4n) is 3.36. The van der Waals surface area contributed by atoms with Crippen LogP contribution in [-0.4, -0.2) is 12.1 Å². The first-order valence-electron chi connectivity index (χ1n) is 7.54. The van der Waals surface area contributed by atoms with Gasteiger partial charge in [0, 0.05) is 16.8 Å². The zero-order chi connectivity index (χ0) is 15.1. The number of anilines is 1. The molecule has 1 aromatic carbocycles. The molecule has 4 rings (SSSR count). The highest BCUT2D eigenvalue weighted by Crippen LogP contribution is 2.38. The molecule has 0 amide bonds. The molecule has 3 aromatic rings. The van der Waals surface area contributed by atoms with Crippen molar-refractivity contribution in [2.75, 3.05) is 12.8 Å². The van der Waals surface area contributed by atoms with Crippen LogP contribution >= 0.6 is 11.3 Å². The molecule has 1 aliphatic rings. The number of nitrogens with two attached hydrogens (primary N) is 1. The Hall–Kier alpha value is -2.07. The molecular formula is C18H18N2OS. The monoisotopic (exact) mass is 310 g/mol. The van der Waals surface area contributed by atoms with Crippen molar-refractivity contribution in [2.45, 2.75) is 25.2 Å². The predicted octanol–water partition coefficient (Wildman–Crippen LogP) is 4.16. The number of fused-ring (bicyclic) bond motifs is 2. The summed E-state index contributed by atoms with van der Waals surface area (Å²) in [5, 5.41) is 3.19. The highest BCUT2D eigenvalue weighted by molar-refractivity contribution is 7.16. The van der Waals surface area contributed by atoms with Crippen molar-refractivity contribution in [2.24, 2.45) is 0 Å². The van der Waals surface area contributed by atoms with E-state index in [1.807, 2.05) is 12.1 Å². The van der Waals surface area contributed by atoms with Crippen LogP contribution in [0.3, 0.4) is 0 Å². The summed E-state index contributed by atoms with van der Waals surface area (Å²) >= 11 is 1.67. The van der Waals surface area contributed by atoms with E-state index >= 15 is 0 Å². The second kappa shape index (κ2) is 5.29. The molecule has 0 saturated heterocycles. The molecule has 2 heterocycles. The van der Waals surface area contributed by atoms with Crippen molar-refractivity contribution in [3.63, 3.8) is 0 Å². The van der Waals surface area contributed by atoms with Gasteiger partial charge in [-0.15, -0.1) is 11.3 Å². The molecule has 0 fully saturated rings. The van der Waals surface area contributed by atoms with Crippen molar-refractivity contribution in [3.05, 3.63) is 52.5 Å². The molecule has 0 radical (unpaired) electrons. The lowest BCUT2D eigenvalue weighted by atomic mass is 9.81. The Bertz CT molecular complexity index is 823. The van der Waals surface area contributed by atoms with E-state index in [0.29, 0.717) is 5.92 Å². The van der Waals surface area contributed by atoms with Crippen molar-refractivity contribution in [1.82, 2.24) is 4.98 Å². The molecule has 0 aliphatic heterocycles. The van der Waals surface area contributed by atoms with Crippen LogP contribution in [-0.2, 0) is 12.8 Å². The fraction of sp³-hybridized carbons (Fsp3) is 0.278. The Morgan fingerprint density at radius 2 is 2.05 bits per heavy atom. The molecule has 22 heavy (non-hydrogen) atoms. The van der Waals surface area contributed by atoms with Crippen LogP contribution in [0.15, 0.2) is 35.7 Å². The largest absolute Gasteiger partial charge is 0.497 e. The van der Waals surface area contributed by atoms with Crippen molar-refractivity contribution < 1.29 is 4.74 Å². The molecule has 1 atom stereocenters. The van der Waals surface area contributed by atoms with Gasteiger partial charge in [-0.3, -0.25) is 0 Å². The Balaban J connectivity index is 1.69. The number of nitrogens with zero attached hydrogens (tertiary/aromatic N) is 1. The van der Waals surface area contributed by atoms with Crippen LogP contribution in [0.1, 0.15) is 29.2 Å². The van der Waals surface area contributed by atoms with E-state index in [2.05, 4.69) is 23.6 Å². The molecule has 1 aliphatic carbocycles. The van der Waals surface area contributed by atoms with Crippen LogP contribution in [0.2, 0.25) is 0 Å². The summed E-state index contributed by atoms with van der Waals surface area (Å²) < 4.78 is 5.24. The fourth-order valence-corrected chi connectivity index (χ4v) is 4.16. The number of thiophene rings is 1. The summed E-state index contributed by atoms with van der Waals surface area (Å²) in [5.74, 6) is 1.42. The van der Waals surface area contributed by atoms with Crippen LogP contribution in [0.25, 0.3) is 10.2 Å². The topological polar surface area (TPSA) is 48.1 Å². The van der Waals surface area contributed by atoms with Gasteiger partial charge < -0.3 is 10.5 Å². The van der Waals surface area contributed by atoms with E-state index in [-0.39, 0.29) is 0 Å². The van der Waals surface area contributed by atoms with Gasteiger partial charge in [0.2, 0.25) is 0 Å². The average Bonchev–Trinajstić information content (AvgIpc) is 3.03. The molecule has 0 bridgehead atoms. The zero-order valence-corrected chi connectivity index (χ0v) is 13.3. The maximum absolute atomic E-state index is 6.36. The third-order valence-corrected chi connectivity index (χ3v) is 5.42. The standard InChI is InChI=1S/C18H18N2OS/c1-21-13-5-2-11(3-6-13)12-4-7-14-16(10-12)20-18-15(17(14)19)8-9-22-18/h2-3,5-6,8-9,12H,4,7,10H2,1H3,(H2,19,20). The normalized spacial score (nSPS) is 17.4. The molecule has 0 spiro atoms. The SMILES string of the molecule is COc1ccc(C2CCc3c(nc4sccc4c3N)C2)cc1. The number of methoxy groups -OCH3 is 1. The van der Waals surface area contributed by atoms with E-state index in [1.54, 1.807) is 18.4 Å². The Kier molecular flexibility index (Phi) is 3.26. The maximum Gasteiger partial charge on any atom is 0.125 e. The molecule has 3 nitrogen and oxygen atoms in total. The number of pyridine rings is 1. The van der Waals surface area contributed by atoms with Gasteiger partial charge in [-0.2, -0.15) is 0 Å². The number of hydrogen-bond acceptors (Lipinski definition) is 4. The average molecular weight is 310 g/mol. The number of aromatic nitrogens is 1. The lowest BCUT2D eigenvalue weighted by Crippen LogP contribution is -2.16. The summed E-state index contributed by atoms with van der Waals surface area (Å²) in [6, 6.07) is 10.5. The van der Waals surface area contributed by atoms with Gasteiger partial charge in [0.25, 0.3) is 0 Å². The van der Waals surface area contributed by atoms with Gasteiger partial charge in [0.05, 0.1) is 7.11 Å². The number of rotatable bonds is 2. The summed E-state index contributed by atoms with van der Waals surface area (Å²) in [6.07, 6.45) is 3.11. The van der Waals surface area contributed by atoms with Crippen LogP contribution in [0, 0.1) is 0 Å². The molecule has 1 unspecified atom stereocenters. The minimum atomic E-state index is 0.516. The smallest absolute Gasteiger partial charge is 0.125 e. The molecule has 2 aromatic heterocycles. The van der Waals surface area contributed by atoms with E-state index in [4.69, 9.17) is 15.5 Å². The lowest BCUT2D eigenvalue weighted by molar-refractivity contribution is 0.414. The van der Waals surface area contributed by atoms with E-state index in [0.717, 1.165) is 40.9 Å². The molecule has 112 valence electrons. The minimum absolute atomic E-state index is 0.516. The third-order valence-electron chi connectivity index (χ3n) is 4.61. The Morgan fingerprint density at radius 1 is 1.23 bits per heavy atom. The lowest BCUT2D eigenvalue weighted by Gasteiger charge is -2.25. The minimum Gasteiger partial charge on any atom is -0.497 e. The number of nitrogen functional groups attached to an aromatic ring is 1. The summed E-state index contributed by atoms with van der Waals surface area (Å²) in [6.45, 7) is 0. The van der Waals surface area contributed by atoms with Gasteiger partial charge in [-0.05, 0) is 59.9 Å². The summed E-state index contributed by atoms with van der Waals surface area (Å²) in [7, 11) is 1.70. The highest BCUT2D eigenvalue weighted by atomic mass is 32.1. The first-order valence-corrected chi connectivity index (χ1v) is 8.42. The van der Waals surface area contributed by atoms with Crippen LogP contribution in [0.5, 0.6) is 5.75 Å². The first kappa shape index (κ1) is 13.6. The van der Waals surface area contributed by atoms with E-state index < -0.39 is 0 Å². The van der Waals surface area contributed by atoms with Gasteiger partial charge >= 0.3 is 0 Å². The van der Waals surface area contributed by atoms with E-state index in [9.17, 15) is 0 Å². The van der Waals surface area contributed by atoms with Crippen molar-refractivity contribution >= 4 is 27.2 Å². The molecule has 0 saturated carbocycles. The molecule has 4 heteroatoms. The quantitative estimate of drug-likeness (QED) is 0.773. The van der Waals surface area contributed by atoms with Gasteiger partial charge in [-0.1, -0.05) is 12.1 Å². The number of ether oxygens (including phenoxy) is 1. The second-order valence-electron chi connectivity index (χ2n) is 5.80. The zero-order valence-electron chi connectivity index (χ0n) is 12.5. The van der Waals surface area contributed by atoms with Crippen molar-refractivity contribution in [3.8, 4) is 5.75 Å². The Labute approximate surface area is 133 Å². The van der Waals surface area contributed by atoms with E-state index in [1.165, 1.54) is 16.8 Å². The van der Waals surface area contributed by atoms with Gasteiger partial charge in [0.1, 0.15) is 10.6 Å². The number of benzene rings is 1. The second-order valence-corrected chi connectivity index (χ2v) is 6.70. The first-order chi connectivity index (χ1) is 10.8. The molecule has 2 N–H and O–H groups in total. The maximum atomic E-state index is 6.36. The highest BCUT2D eigenvalue weighted by Gasteiger charge is 2.24. The summed E-state index contributed by atoms with van der Waals surface area (Å²) in [4.78, 5) is 5.92. The number of hydrogen-bond donors (Lipinski definition) is 1. The van der Waals surface area contributed by atoms with Crippen LogP contribution in [0.4, 0.5) is 5.69 Å². The predicted molar refractivity (Wildman–Crippen MR) is 91.8 cm³/mol. The third kappa shape index (κ3) is 2.15. The van der Waals surface area contributed by atoms with Gasteiger partial charge in [0.15, 0.2) is 0 Å². The molecular weight excluding hydrogens is 292 g/mol. The van der Waals surface area contributed by atoms with Gasteiger partial charge in [-0.25, -0.2) is 4.98 Å².